The van der Waals surface area contributed by atoms with E-state index in [-0.39, 0.29) is 28.3 Å². The molecule has 174 valence electrons. The first kappa shape index (κ1) is 22.2. The monoisotopic (exact) mass is 426 g/mol. The Morgan fingerprint density at radius 3 is 2.10 bits per heavy atom. The van der Waals surface area contributed by atoms with E-state index in [0.29, 0.717) is 17.3 Å². The van der Waals surface area contributed by atoms with Crippen molar-refractivity contribution in [3.8, 4) is 0 Å². The fourth-order valence-corrected chi connectivity index (χ4v) is 11.1. The van der Waals surface area contributed by atoms with Gasteiger partial charge in [0.1, 0.15) is 0 Å². The Balaban J connectivity index is 1.55. The van der Waals surface area contributed by atoms with Crippen molar-refractivity contribution in [2.45, 2.75) is 105 Å². The van der Waals surface area contributed by atoms with Gasteiger partial charge in [0, 0.05) is 5.92 Å². The molecule has 5 rings (SSSR count). The molecule has 5 aliphatic rings. The minimum Gasteiger partial charge on any atom is -0.392 e. The molecule has 0 aliphatic heterocycles. The van der Waals surface area contributed by atoms with Gasteiger partial charge in [-0.2, -0.15) is 0 Å². The quantitative estimate of drug-likeness (QED) is 0.468. The minimum absolute atomic E-state index is 0.0562. The van der Waals surface area contributed by atoms with Crippen molar-refractivity contribution in [2.24, 2.45) is 51.2 Å². The van der Waals surface area contributed by atoms with Crippen LogP contribution >= 0.6 is 0 Å². The van der Waals surface area contributed by atoms with Crippen molar-refractivity contribution >= 4 is 0 Å². The predicted octanol–water partition coefficient (Wildman–Crippen LogP) is 6.53. The van der Waals surface area contributed by atoms with Gasteiger partial charge in [0.25, 0.3) is 0 Å². The summed E-state index contributed by atoms with van der Waals surface area (Å²) in [6, 6.07) is 0. The van der Waals surface area contributed by atoms with Gasteiger partial charge < -0.3 is 10.2 Å². The van der Waals surface area contributed by atoms with Crippen LogP contribution in [0.25, 0.3) is 0 Å². The Labute approximate surface area is 190 Å². The minimum atomic E-state index is -0.434. The van der Waals surface area contributed by atoms with Crippen molar-refractivity contribution in [3.63, 3.8) is 0 Å². The van der Waals surface area contributed by atoms with Gasteiger partial charge in [0.05, 0.1) is 12.2 Å². The van der Waals surface area contributed by atoms with E-state index in [0.717, 1.165) is 36.7 Å². The molecule has 0 bridgehead atoms. The average molecular weight is 427 g/mol. The zero-order valence-corrected chi connectivity index (χ0v) is 20.7. The largest absolute Gasteiger partial charge is 0.392 e. The van der Waals surface area contributed by atoms with Crippen LogP contribution in [-0.4, -0.2) is 22.4 Å². The van der Waals surface area contributed by atoms with E-state index < -0.39 is 6.10 Å². The van der Waals surface area contributed by atoms with E-state index in [1.54, 1.807) is 0 Å². The van der Waals surface area contributed by atoms with Crippen molar-refractivity contribution in [2.75, 3.05) is 0 Å². The maximum Gasteiger partial charge on any atom is 0.0751 e. The number of hydrogen-bond donors (Lipinski definition) is 2. The number of allylic oxidation sites excluding steroid dienone is 1. The van der Waals surface area contributed by atoms with Crippen LogP contribution in [0.1, 0.15) is 92.4 Å². The highest BCUT2D eigenvalue weighted by Gasteiger charge is 2.71. The van der Waals surface area contributed by atoms with Crippen molar-refractivity contribution in [3.05, 3.63) is 24.3 Å². The number of aliphatic hydroxyl groups is 2. The molecule has 5 aliphatic carbocycles. The van der Waals surface area contributed by atoms with Gasteiger partial charge in [0.15, 0.2) is 0 Å². The number of aliphatic hydroxyl groups excluding tert-OH is 2. The third-order valence-electron chi connectivity index (χ3n) is 12.6. The van der Waals surface area contributed by atoms with Crippen molar-refractivity contribution < 1.29 is 10.2 Å². The van der Waals surface area contributed by atoms with E-state index in [1.807, 2.05) is 0 Å². The molecule has 0 aromatic heterocycles. The highest BCUT2D eigenvalue weighted by Crippen LogP contribution is 2.77. The first-order valence-electron chi connectivity index (χ1n) is 13.1. The number of hydrogen-bond acceptors (Lipinski definition) is 2. The van der Waals surface area contributed by atoms with Crippen molar-refractivity contribution in [1.82, 2.24) is 0 Å². The zero-order chi connectivity index (χ0) is 22.6. The lowest BCUT2D eigenvalue weighted by atomic mass is 9.32. The highest BCUT2D eigenvalue weighted by molar-refractivity contribution is 5.26. The van der Waals surface area contributed by atoms with Gasteiger partial charge >= 0.3 is 0 Å². The van der Waals surface area contributed by atoms with Crippen molar-refractivity contribution in [1.29, 1.82) is 0 Å². The molecular formula is C29H46O2. The molecule has 11 atom stereocenters. The van der Waals surface area contributed by atoms with Gasteiger partial charge in [-0.1, -0.05) is 46.4 Å². The fourth-order valence-electron chi connectivity index (χ4n) is 11.1. The Morgan fingerprint density at radius 2 is 1.45 bits per heavy atom. The smallest absolute Gasteiger partial charge is 0.0751 e. The second-order valence-corrected chi connectivity index (χ2v) is 13.5. The normalized spacial score (nSPS) is 58.7. The van der Waals surface area contributed by atoms with Gasteiger partial charge in [-0.05, 0) is 116 Å². The Hall–Kier alpha value is -0.600. The summed E-state index contributed by atoms with van der Waals surface area (Å²) >= 11 is 0. The standard InChI is InChI=1S/C29H46O2/c1-17(2)19-10-13-26(4)20(19)11-15-28(6)23(26)8-9-24-27(5)14-12-21(30)18(3)25(27)22(31)16-29(24,28)7/h19-25,30-31H,1,3,8-16H2,2,4-7H3. The highest BCUT2D eigenvalue weighted by atomic mass is 16.3. The number of rotatable bonds is 1. The molecule has 2 N–H and O–H groups in total. The molecule has 0 saturated heterocycles. The lowest BCUT2D eigenvalue weighted by molar-refractivity contribution is -0.246. The maximum absolute atomic E-state index is 11.5. The van der Waals surface area contributed by atoms with Gasteiger partial charge in [0.2, 0.25) is 0 Å². The Morgan fingerprint density at radius 1 is 0.839 bits per heavy atom. The van der Waals surface area contributed by atoms with Crippen LogP contribution in [0.2, 0.25) is 0 Å². The van der Waals surface area contributed by atoms with E-state index in [1.165, 1.54) is 44.1 Å². The van der Waals surface area contributed by atoms with Crippen LogP contribution in [0.3, 0.4) is 0 Å². The molecule has 5 saturated carbocycles. The zero-order valence-electron chi connectivity index (χ0n) is 20.7. The van der Waals surface area contributed by atoms with E-state index in [2.05, 4.69) is 47.8 Å². The van der Waals surface area contributed by atoms with E-state index in [4.69, 9.17) is 0 Å². The summed E-state index contributed by atoms with van der Waals surface area (Å²) in [5.74, 6) is 2.92. The van der Waals surface area contributed by atoms with Gasteiger partial charge in [-0.25, -0.2) is 0 Å². The van der Waals surface area contributed by atoms with Crippen LogP contribution in [0.15, 0.2) is 24.3 Å². The number of fused-ring (bicyclic) bond motifs is 7. The summed E-state index contributed by atoms with van der Waals surface area (Å²) in [6.45, 7) is 21.1. The summed E-state index contributed by atoms with van der Waals surface area (Å²) in [7, 11) is 0. The molecule has 0 amide bonds. The molecule has 31 heavy (non-hydrogen) atoms. The first-order chi connectivity index (χ1) is 14.4. The summed E-state index contributed by atoms with van der Waals surface area (Å²) in [5.41, 5.74) is 3.21. The van der Waals surface area contributed by atoms with Gasteiger partial charge in [-0.15, -0.1) is 0 Å². The molecule has 2 nitrogen and oxygen atoms in total. The van der Waals surface area contributed by atoms with Crippen LogP contribution in [0.5, 0.6) is 0 Å². The SMILES string of the molecule is C=C(C)C1CCC2(C)C1CCC1(C)C2CCC2C3(C)CCC(O)C(=C)C3C(O)CC21C. The topological polar surface area (TPSA) is 40.5 Å². The lowest BCUT2D eigenvalue weighted by Crippen LogP contribution is -2.67. The molecule has 11 unspecified atom stereocenters. The van der Waals surface area contributed by atoms with Crippen LogP contribution in [-0.2, 0) is 0 Å². The Bertz CT molecular complexity index is 801. The molecule has 5 fully saturated rings. The summed E-state index contributed by atoms with van der Waals surface area (Å²) in [6.07, 6.45) is 9.81. The maximum atomic E-state index is 11.5. The van der Waals surface area contributed by atoms with E-state index in [9.17, 15) is 10.2 Å². The molecule has 2 heteroatoms. The second kappa shape index (κ2) is 6.72. The predicted molar refractivity (Wildman–Crippen MR) is 127 cm³/mol. The third-order valence-corrected chi connectivity index (χ3v) is 12.6. The summed E-state index contributed by atoms with van der Waals surface area (Å²) in [5, 5.41) is 22.1. The van der Waals surface area contributed by atoms with Gasteiger partial charge in [-0.3, -0.25) is 0 Å². The molecule has 0 aromatic rings. The summed E-state index contributed by atoms with van der Waals surface area (Å²) < 4.78 is 0. The molecule has 0 aromatic carbocycles. The molecule has 0 heterocycles. The van der Waals surface area contributed by atoms with Crippen LogP contribution < -0.4 is 0 Å². The fraction of sp³-hybridized carbons (Fsp3) is 0.862. The van der Waals surface area contributed by atoms with Crippen LogP contribution in [0.4, 0.5) is 0 Å². The molecule has 0 radical (unpaired) electrons. The second-order valence-electron chi connectivity index (χ2n) is 13.5. The first-order valence-corrected chi connectivity index (χ1v) is 13.1. The Kier molecular flexibility index (Phi) is 4.81. The van der Waals surface area contributed by atoms with Crippen LogP contribution in [0, 0.1) is 51.2 Å². The van der Waals surface area contributed by atoms with E-state index >= 15 is 0 Å². The third kappa shape index (κ3) is 2.59. The lowest BCUT2D eigenvalue weighted by Gasteiger charge is -2.72. The average Bonchev–Trinajstić information content (AvgIpc) is 3.03. The summed E-state index contributed by atoms with van der Waals surface area (Å²) in [4.78, 5) is 0. The molecule has 0 spiro atoms. The molecular weight excluding hydrogens is 380 g/mol.